The van der Waals surface area contributed by atoms with E-state index in [1.807, 2.05) is 25.2 Å². The highest BCUT2D eigenvalue weighted by atomic mass is 16.3. The standard InChI is InChI=1S/C14H21N3O/c1-14(2,3)13-16-11-7-9(10(15)8-18)5-6-12(11)17(13)4/h5-7,10,18H,8,15H2,1-4H3. The van der Waals surface area contributed by atoms with Crippen molar-refractivity contribution in [1.82, 2.24) is 9.55 Å². The number of nitrogens with zero attached hydrogens (tertiary/aromatic N) is 2. The predicted octanol–water partition coefficient (Wildman–Crippen LogP) is 1.86. The number of rotatable bonds is 2. The van der Waals surface area contributed by atoms with Crippen LogP contribution in [0.25, 0.3) is 11.0 Å². The molecule has 18 heavy (non-hydrogen) atoms. The lowest BCUT2D eigenvalue weighted by Gasteiger charge is -2.17. The fourth-order valence-corrected chi connectivity index (χ4v) is 2.22. The molecule has 1 heterocycles. The Bertz CT molecular complexity index is 566. The van der Waals surface area contributed by atoms with Gasteiger partial charge in [-0.1, -0.05) is 26.8 Å². The number of benzene rings is 1. The van der Waals surface area contributed by atoms with Crippen molar-refractivity contribution in [1.29, 1.82) is 0 Å². The largest absolute Gasteiger partial charge is 0.394 e. The highest BCUT2D eigenvalue weighted by Gasteiger charge is 2.21. The van der Waals surface area contributed by atoms with Crippen LogP contribution in [0.2, 0.25) is 0 Å². The maximum absolute atomic E-state index is 9.10. The number of imidazole rings is 1. The fourth-order valence-electron chi connectivity index (χ4n) is 2.22. The Labute approximate surface area is 107 Å². The number of aliphatic hydroxyl groups excluding tert-OH is 1. The summed E-state index contributed by atoms with van der Waals surface area (Å²) in [6, 6.07) is 5.60. The summed E-state index contributed by atoms with van der Waals surface area (Å²) < 4.78 is 2.11. The van der Waals surface area contributed by atoms with Crippen LogP contribution in [0.4, 0.5) is 0 Å². The molecule has 4 nitrogen and oxygen atoms in total. The van der Waals surface area contributed by atoms with Crippen molar-refractivity contribution in [3.63, 3.8) is 0 Å². The number of nitrogens with two attached hydrogens (primary N) is 1. The summed E-state index contributed by atoms with van der Waals surface area (Å²) in [6.07, 6.45) is 0. The predicted molar refractivity (Wildman–Crippen MR) is 73.4 cm³/mol. The van der Waals surface area contributed by atoms with Gasteiger partial charge in [0.25, 0.3) is 0 Å². The lowest BCUT2D eigenvalue weighted by Crippen LogP contribution is -2.17. The van der Waals surface area contributed by atoms with Crippen LogP contribution in [0.3, 0.4) is 0 Å². The lowest BCUT2D eigenvalue weighted by atomic mass is 9.96. The average Bonchev–Trinajstić information content (AvgIpc) is 2.65. The van der Waals surface area contributed by atoms with Crippen molar-refractivity contribution in [2.75, 3.05) is 6.61 Å². The average molecular weight is 247 g/mol. The van der Waals surface area contributed by atoms with Crippen molar-refractivity contribution in [3.05, 3.63) is 29.6 Å². The van der Waals surface area contributed by atoms with Crippen LogP contribution in [0.5, 0.6) is 0 Å². The van der Waals surface area contributed by atoms with Crippen LogP contribution in [-0.2, 0) is 12.5 Å². The van der Waals surface area contributed by atoms with Crippen LogP contribution in [0, 0.1) is 0 Å². The van der Waals surface area contributed by atoms with E-state index in [1.165, 1.54) is 0 Å². The maximum atomic E-state index is 9.10. The van der Waals surface area contributed by atoms with E-state index >= 15 is 0 Å². The Morgan fingerprint density at radius 1 is 1.39 bits per heavy atom. The fraction of sp³-hybridized carbons (Fsp3) is 0.500. The summed E-state index contributed by atoms with van der Waals surface area (Å²) in [6.45, 7) is 6.39. The first-order chi connectivity index (χ1) is 8.34. The minimum Gasteiger partial charge on any atom is -0.394 e. The molecule has 0 amide bonds. The third-order valence-corrected chi connectivity index (χ3v) is 3.20. The zero-order valence-electron chi connectivity index (χ0n) is 11.4. The number of hydrogen-bond acceptors (Lipinski definition) is 3. The van der Waals surface area contributed by atoms with Gasteiger partial charge in [0.2, 0.25) is 0 Å². The molecule has 1 unspecified atom stereocenters. The first kappa shape index (κ1) is 13.1. The van der Waals surface area contributed by atoms with Crippen LogP contribution >= 0.6 is 0 Å². The highest BCUT2D eigenvalue weighted by molar-refractivity contribution is 5.77. The summed E-state index contributed by atoms with van der Waals surface area (Å²) in [5.41, 5.74) is 8.78. The topological polar surface area (TPSA) is 64.1 Å². The van der Waals surface area contributed by atoms with Gasteiger partial charge in [-0.05, 0) is 17.7 Å². The van der Waals surface area contributed by atoms with Gasteiger partial charge >= 0.3 is 0 Å². The molecule has 0 fully saturated rings. The first-order valence-corrected chi connectivity index (χ1v) is 6.18. The lowest BCUT2D eigenvalue weighted by molar-refractivity contribution is 0.268. The zero-order valence-corrected chi connectivity index (χ0v) is 11.4. The van der Waals surface area contributed by atoms with E-state index in [4.69, 9.17) is 10.8 Å². The van der Waals surface area contributed by atoms with Gasteiger partial charge in [0.05, 0.1) is 23.7 Å². The van der Waals surface area contributed by atoms with E-state index in [0.717, 1.165) is 22.4 Å². The van der Waals surface area contributed by atoms with Crippen molar-refractivity contribution >= 4 is 11.0 Å². The SMILES string of the molecule is Cn1c(C(C)(C)C)nc2cc(C(N)CO)ccc21. The third-order valence-electron chi connectivity index (χ3n) is 3.20. The summed E-state index contributed by atoms with van der Waals surface area (Å²) in [7, 11) is 2.03. The van der Waals surface area contributed by atoms with Gasteiger partial charge in [0, 0.05) is 12.5 Å². The third kappa shape index (κ3) is 2.13. The van der Waals surface area contributed by atoms with E-state index in [0.29, 0.717) is 0 Å². The molecule has 2 aromatic rings. The number of fused-ring (bicyclic) bond motifs is 1. The summed E-state index contributed by atoms with van der Waals surface area (Å²) >= 11 is 0. The Kier molecular flexibility index (Phi) is 3.17. The van der Waals surface area contributed by atoms with Crippen molar-refractivity contribution in [2.45, 2.75) is 32.2 Å². The molecule has 0 bridgehead atoms. The molecule has 0 spiro atoms. The minimum atomic E-state index is -0.338. The molecule has 1 aromatic heterocycles. The van der Waals surface area contributed by atoms with E-state index in [9.17, 15) is 0 Å². The van der Waals surface area contributed by atoms with E-state index in [2.05, 4.69) is 30.3 Å². The molecule has 0 aliphatic heterocycles. The van der Waals surface area contributed by atoms with Gasteiger partial charge in [-0.3, -0.25) is 0 Å². The van der Waals surface area contributed by atoms with Gasteiger partial charge in [0.1, 0.15) is 5.82 Å². The second kappa shape index (κ2) is 4.37. The van der Waals surface area contributed by atoms with E-state index in [-0.39, 0.29) is 18.1 Å². The molecule has 4 heteroatoms. The molecule has 0 saturated heterocycles. The van der Waals surface area contributed by atoms with E-state index in [1.54, 1.807) is 0 Å². The number of hydrogen-bond donors (Lipinski definition) is 2. The summed E-state index contributed by atoms with van der Waals surface area (Å²) in [4.78, 5) is 4.69. The molecule has 2 rings (SSSR count). The smallest absolute Gasteiger partial charge is 0.115 e. The van der Waals surface area contributed by atoms with Gasteiger partial charge in [-0.15, -0.1) is 0 Å². The zero-order chi connectivity index (χ0) is 13.5. The Morgan fingerprint density at radius 3 is 2.61 bits per heavy atom. The Hall–Kier alpha value is -1.39. The Balaban J connectivity index is 2.59. The van der Waals surface area contributed by atoms with Crippen LogP contribution in [0.15, 0.2) is 18.2 Å². The molecule has 0 aliphatic carbocycles. The molecular formula is C14H21N3O. The van der Waals surface area contributed by atoms with Crippen molar-refractivity contribution < 1.29 is 5.11 Å². The number of aliphatic hydroxyl groups is 1. The number of aromatic nitrogens is 2. The van der Waals surface area contributed by atoms with Crippen LogP contribution < -0.4 is 5.73 Å². The van der Waals surface area contributed by atoms with E-state index < -0.39 is 0 Å². The maximum Gasteiger partial charge on any atom is 0.115 e. The van der Waals surface area contributed by atoms with Gasteiger partial charge in [0.15, 0.2) is 0 Å². The molecule has 98 valence electrons. The van der Waals surface area contributed by atoms with Gasteiger partial charge in [-0.25, -0.2) is 4.98 Å². The molecule has 0 radical (unpaired) electrons. The molecular weight excluding hydrogens is 226 g/mol. The molecule has 1 aromatic carbocycles. The molecule has 0 aliphatic rings. The second-order valence-corrected chi connectivity index (χ2v) is 5.78. The monoisotopic (exact) mass is 247 g/mol. The summed E-state index contributed by atoms with van der Waals surface area (Å²) in [5.74, 6) is 1.05. The van der Waals surface area contributed by atoms with Gasteiger partial charge in [-0.2, -0.15) is 0 Å². The second-order valence-electron chi connectivity index (χ2n) is 5.78. The molecule has 1 atom stereocenters. The molecule has 3 N–H and O–H groups in total. The molecule has 0 saturated carbocycles. The first-order valence-electron chi connectivity index (χ1n) is 6.18. The Morgan fingerprint density at radius 2 is 2.06 bits per heavy atom. The van der Waals surface area contributed by atoms with Crippen LogP contribution in [-0.4, -0.2) is 21.3 Å². The minimum absolute atomic E-state index is 0.00697. The highest BCUT2D eigenvalue weighted by Crippen LogP contribution is 2.26. The van der Waals surface area contributed by atoms with Gasteiger partial charge < -0.3 is 15.4 Å². The van der Waals surface area contributed by atoms with Crippen LogP contribution in [0.1, 0.15) is 38.2 Å². The van der Waals surface area contributed by atoms with Crippen molar-refractivity contribution in [2.24, 2.45) is 12.8 Å². The van der Waals surface area contributed by atoms with Crippen molar-refractivity contribution in [3.8, 4) is 0 Å². The summed E-state index contributed by atoms with van der Waals surface area (Å²) in [5, 5.41) is 9.10. The quantitative estimate of drug-likeness (QED) is 0.851. The normalized spacial score (nSPS) is 14.1. The number of aryl methyl sites for hydroxylation is 1.